The van der Waals surface area contributed by atoms with Crippen molar-refractivity contribution in [1.82, 2.24) is 34.7 Å². The van der Waals surface area contributed by atoms with E-state index in [1.165, 1.54) is 0 Å². The Labute approximate surface area is 301 Å². The number of ether oxygens (including phenoxy) is 3. The molecule has 270 valence electrons. The number of hydrogen-bond donors (Lipinski definition) is 1. The fourth-order valence-electron chi connectivity index (χ4n) is 9.55. The molecule has 2 N–H and O–H groups in total. The van der Waals surface area contributed by atoms with Crippen molar-refractivity contribution in [2.24, 2.45) is 0 Å². The highest BCUT2D eigenvalue weighted by atomic mass is 16.5. The molecule has 1 spiro atoms. The molecule has 1 aromatic carbocycles. The molecular formula is C38H43N9O5. The summed E-state index contributed by atoms with van der Waals surface area (Å²) in [5, 5.41) is 19.6. The molecule has 6 heterocycles. The van der Waals surface area contributed by atoms with Crippen LogP contribution in [0.4, 0.5) is 5.69 Å². The van der Waals surface area contributed by atoms with Gasteiger partial charge in [-0.15, -0.1) is 0 Å². The van der Waals surface area contributed by atoms with E-state index in [1.54, 1.807) is 17.9 Å². The summed E-state index contributed by atoms with van der Waals surface area (Å²) in [6.45, 7) is 4.77. The van der Waals surface area contributed by atoms with Gasteiger partial charge in [0.1, 0.15) is 12.2 Å². The number of nitrogen functional groups attached to an aromatic ring is 1. The number of hydrogen-bond acceptors (Lipinski definition) is 12. The molecule has 2 fully saturated rings. The van der Waals surface area contributed by atoms with Crippen molar-refractivity contribution < 1.29 is 23.5 Å². The predicted octanol–water partition coefficient (Wildman–Crippen LogP) is 3.61. The Morgan fingerprint density at radius 2 is 2.00 bits per heavy atom. The number of anilines is 1. The zero-order valence-corrected chi connectivity index (χ0v) is 29.8. The topological polar surface area (TPSA) is 171 Å². The fourth-order valence-corrected chi connectivity index (χ4v) is 9.55. The number of likely N-dealkylation sites (tertiary alicyclic amines) is 1. The lowest BCUT2D eigenvalue weighted by molar-refractivity contribution is 0.0174. The van der Waals surface area contributed by atoms with Crippen LogP contribution < -0.4 is 10.5 Å². The predicted molar refractivity (Wildman–Crippen MR) is 188 cm³/mol. The fraction of sp³-hybridized carbons (Fsp3) is 0.526. The minimum Gasteiger partial charge on any atom is -0.473 e. The van der Waals surface area contributed by atoms with Crippen LogP contribution in [-0.4, -0.2) is 105 Å². The van der Waals surface area contributed by atoms with E-state index in [9.17, 15) is 10.1 Å². The molecule has 14 heteroatoms. The molecule has 0 unspecified atom stereocenters. The van der Waals surface area contributed by atoms with E-state index in [0.717, 1.165) is 79.5 Å². The molecule has 0 radical (unpaired) electrons. The van der Waals surface area contributed by atoms with Gasteiger partial charge >= 0.3 is 0 Å². The van der Waals surface area contributed by atoms with Crippen LogP contribution in [-0.2, 0) is 34.2 Å². The number of amides is 1. The third-order valence-electron chi connectivity index (χ3n) is 12.1. The van der Waals surface area contributed by atoms with Crippen LogP contribution in [0, 0.1) is 11.3 Å². The van der Waals surface area contributed by atoms with Crippen LogP contribution >= 0.6 is 0 Å². The summed E-state index contributed by atoms with van der Waals surface area (Å²) in [5.41, 5.74) is 11.7. The Hall–Kier alpha value is -4.84. The Morgan fingerprint density at radius 1 is 1.12 bits per heavy atom. The van der Waals surface area contributed by atoms with Gasteiger partial charge in [-0.05, 0) is 82.5 Å². The van der Waals surface area contributed by atoms with Crippen LogP contribution in [0.3, 0.4) is 0 Å². The molecule has 1 amide bonds. The van der Waals surface area contributed by atoms with E-state index in [1.807, 2.05) is 30.2 Å². The molecule has 5 aliphatic rings. The SMILES string of the molecule is CO[C@H]1CCN(C)[C@@H]1[C@H](C)Oc1cc(-n2cc3c(n2)C(=O)N([C@H]2CCOC2)CC3)nc(-c2noc3c2CCC[C@@]32CCc3ccc(N)c(C#N)c32)n1. The highest BCUT2D eigenvalue weighted by molar-refractivity contribution is 5.95. The number of methoxy groups -OCH3 is 1. The van der Waals surface area contributed by atoms with Crippen LogP contribution in [0.5, 0.6) is 5.88 Å². The maximum absolute atomic E-state index is 13.7. The van der Waals surface area contributed by atoms with Crippen molar-refractivity contribution in [3.05, 3.63) is 63.7 Å². The first-order chi connectivity index (χ1) is 25.3. The Balaban J connectivity index is 1.13. The van der Waals surface area contributed by atoms with Crippen LogP contribution in [0.1, 0.15) is 83.1 Å². The van der Waals surface area contributed by atoms with Crippen LogP contribution in [0.15, 0.2) is 28.9 Å². The van der Waals surface area contributed by atoms with Gasteiger partial charge in [0.2, 0.25) is 5.88 Å². The Kier molecular flexibility index (Phi) is 8.05. The van der Waals surface area contributed by atoms with E-state index in [-0.39, 0.29) is 30.2 Å². The van der Waals surface area contributed by atoms with Gasteiger partial charge in [0.15, 0.2) is 28.8 Å². The van der Waals surface area contributed by atoms with Gasteiger partial charge in [-0.3, -0.25) is 9.69 Å². The first-order valence-electron chi connectivity index (χ1n) is 18.4. The lowest BCUT2D eigenvalue weighted by Crippen LogP contribution is -2.45. The van der Waals surface area contributed by atoms with Crippen molar-refractivity contribution in [3.63, 3.8) is 0 Å². The molecule has 3 aromatic heterocycles. The van der Waals surface area contributed by atoms with E-state index in [4.69, 9.17) is 39.5 Å². The van der Waals surface area contributed by atoms with Gasteiger partial charge in [-0.25, -0.2) is 9.67 Å². The van der Waals surface area contributed by atoms with Gasteiger partial charge in [0, 0.05) is 55.9 Å². The average Bonchev–Trinajstić information content (AvgIpc) is 3.99. The number of fused-ring (bicyclic) bond motifs is 5. The summed E-state index contributed by atoms with van der Waals surface area (Å²) in [7, 11) is 3.82. The summed E-state index contributed by atoms with van der Waals surface area (Å²) >= 11 is 0. The number of aryl methyl sites for hydroxylation is 1. The van der Waals surface area contributed by atoms with Crippen LogP contribution in [0.25, 0.3) is 17.3 Å². The summed E-state index contributed by atoms with van der Waals surface area (Å²) in [6.07, 6.45) is 8.16. The van der Waals surface area contributed by atoms with Gasteiger partial charge in [-0.1, -0.05) is 11.2 Å². The zero-order chi connectivity index (χ0) is 35.7. The lowest BCUT2D eigenvalue weighted by Gasteiger charge is -2.33. The second-order valence-electron chi connectivity index (χ2n) is 14.9. The number of likely N-dealkylation sites (N-methyl/N-ethyl adjacent to an activating group) is 1. The molecule has 2 saturated heterocycles. The monoisotopic (exact) mass is 705 g/mol. The summed E-state index contributed by atoms with van der Waals surface area (Å²) in [4.78, 5) is 27.8. The molecule has 0 bridgehead atoms. The van der Waals surface area contributed by atoms with Crippen molar-refractivity contribution in [2.45, 2.75) is 88.0 Å². The third kappa shape index (κ3) is 5.12. The number of benzene rings is 1. The maximum Gasteiger partial charge on any atom is 0.274 e. The van der Waals surface area contributed by atoms with E-state index < -0.39 is 5.41 Å². The molecule has 3 aliphatic heterocycles. The second kappa shape index (κ2) is 12.7. The first-order valence-corrected chi connectivity index (χ1v) is 18.4. The van der Waals surface area contributed by atoms with Gasteiger partial charge < -0.3 is 29.4 Å². The number of rotatable bonds is 7. The molecule has 52 heavy (non-hydrogen) atoms. The number of carbonyl (C=O) groups excluding carboxylic acids is 1. The summed E-state index contributed by atoms with van der Waals surface area (Å²) in [6, 6.07) is 8.10. The van der Waals surface area contributed by atoms with E-state index in [2.05, 4.69) is 23.2 Å². The van der Waals surface area contributed by atoms with Crippen LogP contribution in [0.2, 0.25) is 0 Å². The van der Waals surface area contributed by atoms with Crippen molar-refractivity contribution in [3.8, 4) is 29.3 Å². The highest BCUT2D eigenvalue weighted by Gasteiger charge is 2.49. The van der Waals surface area contributed by atoms with Gasteiger partial charge in [-0.2, -0.15) is 15.3 Å². The maximum atomic E-state index is 13.7. The normalized spacial score (nSPS) is 26.0. The smallest absolute Gasteiger partial charge is 0.274 e. The minimum atomic E-state index is -0.500. The molecule has 2 aliphatic carbocycles. The second-order valence-corrected chi connectivity index (χ2v) is 14.9. The average molecular weight is 706 g/mol. The Morgan fingerprint density at radius 3 is 2.81 bits per heavy atom. The largest absolute Gasteiger partial charge is 0.473 e. The van der Waals surface area contributed by atoms with E-state index in [0.29, 0.717) is 66.3 Å². The number of nitrogens with zero attached hydrogens (tertiary/aromatic N) is 8. The molecule has 5 atom stereocenters. The quantitative estimate of drug-likeness (QED) is 0.278. The van der Waals surface area contributed by atoms with Crippen molar-refractivity contribution in [1.29, 1.82) is 5.26 Å². The number of carbonyl (C=O) groups is 1. The number of nitrogens with two attached hydrogens (primary N) is 1. The molecule has 9 rings (SSSR count). The van der Waals surface area contributed by atoms with Gasteiger partial charge in [0.25, 0.3) is 5.91 Å². The minimum absolute atomic E-state index is 0.0240. The van der Waals surface area contributed by atoms with Gasteiger partial charge in [0.05, 0.1) is 35.8 Å². The third-order valence-corrected chi connectivity index (χ3v) is 12.1. The van der Waals surface area contributed by atoms with Crippen molar-refractivity contribution in [2.75, 3.05) is 46.2 Å². The molecule has 4 aromatic rings. The lowest BCUT2D eigenvalue weighted by atomic mass is 9.68. The summed E-state index contributed by atoms with van der Waals surface area (Å²) in [5.74, 6) is 1.84. The van der Waals surface area contributed by atoms with Crippen molar-refractivity contribution >= 4 is 11.6 Å². The standard InChI is InChI=1S/C38H43N9O5/c1-21(34-28(49-3)10-14-45(34)2)51-30-17-29(47-19-23-9-15-46(24-11-16-50-20-24)37(48)32(23)43-47)41-36(42-30)33-25-5-4-12-38(35(25)52-44-33)13-8-22-6-7-27(40)26(18-39)31(22)38/h6-7,17,19,21,24,28,34H,4-5,8-16,20,40H2,1-3H3/t21-,24-,28-,34+,38-/m0/s1. The molecule has 0 saturated carbocycles. The number of nitriles is 1. The first kappa shape index (κ1) is 33.0. The molecular weight excluding hydrogens is 662 g/mol. The highest BCUT2D eigenvalue weighted by Crippen LogP contribution is 2.54. The number of aromatic nitrogens is 5. The Bertz CT molecular complexity index is 2100. The zero-order valence-electron chi connectivity index (χ0n) is 29.8. The summed E-state index contributed by atoms with van der Waals surface area (Å²) < 4.78 is 26.0. The van der Waals surface area contributed by atoms with E-state index >= 15 is 0 Å². The molecule has 14 nitrogen and oxygen atoms in total.